The van der Waals surface area contributed by atoms with Gasteiger partial charge in [0.25, 0.3) is 0 Å². The second-order valence-electron chi connectivity index (χ2n) is 16.8. The summed E-state index contributed by atoms with van der Waals surface area (Å²) in [5.41, 5.74) is 6.21. The molecule has 0 amide bonds. The number of nitrogens with zero attached hydrogens (tertiary/aromatic N) is 16. The Labute approximate surface area is 666 Å². The van der Waals surface area contributed by atoms with Crippen molar-refractivity contribution in [3.8, 4) is 47.0 Å². The predicted molar refractivity (Wildman–Crippen MR) is 366 cm³/mol. The van der Waals surface area contributed by atoms with Crippen LogP contribution in [0.1, 0.15) is 52.9 Å². The molecule has 103 heavy (non-hydrogen) atoms. The average Bonchev–Trinajstić information content (AvgIpc) is 1.84. The summed E-state index contributed by atoms with van der Waals surface area (Å²) >= 11 is 46.7. The monoisotopic (exact) mass is 1950 g/mol. The van der Waals surface area contributed by atoms with Gasteiger partial charge in [0, 0.05) is 103 Å². The first kappa shape index (κ1) is 99.6. The molecule has 0 saturated heterocycles. The molecule has 5 aromatic carbocycles. The molecule has 25 nitrogen and oxygen atoms in total. The molecule has 542 valence electrons. The van der Waals surface area contributed by atoms with Gasteiger partial charge < -0.3 is 4.74 Å². The van der Waals surface area contributed by atoms with Crippen molar-refractivity contribution in [3.63, 3.8) is 0 Å². The SMILES string of the molecule is C(=Nc1ccc(N=Cc2ccccn2)cc1)c1ccccn1.CC#N.CC#N.CC#N.CC#N.CCOCC.Clc1c[c-]c(-n2cccn2)c(Cl)c1.Clc1c[c-]c(-n2cccn2)c(Cl)c1.Clc1c[c-]c(-n2cccn2)c(Cl)c1.Clc1c[c-]c(-n2cccn2)c(Cl)c1.[Ir+3].[Ir+3].[O-][Cl+3]([O-])([O-])[O-].[O-][Cl+3]([O-])([O-])[O-]. The van der Waals surface area contributed by atoms with Crippen molar-refractivity contribution >= 4 is 117 Å². The van der Waals surface area contributed by atoms with Gasteiger partial charge in [-0.25, -0.2) is 37.3 Å². The number of halogens is 10. The zero-order valence-corrected chi connectivity index (χ0v) is 66.7. The fourth-order valence-electron chi connectivity index (χ4n) is 6.07. The van der Waals surface area contributed by atoms with Crippen LogP contribution in [0.4, 0.5) is 11.4 Å². The van der Waals surface area contributed by atoms with Gasteiger partial charge in [-0.2, -0.15) is 183 Å². The van der Waals surface area contributed by atoms with Crippen LogP contribution in [0.5, 0.6) is 0 Å². The van der Waals surface area contributed by atoms with Gasteiger partial charge in [-0.3, -0.25) is 38.7 Å². The number of ether oxygens (including phenoxy) is 1. The third-order valence-electron chi connectivity index (χ3n) is 9.61. The summed E-state index contributed by atoms with van der Waals surface area (Å²) in [7, 11) is -9.89. The molecule has 11 rings (SSSR count). The standard InChI is InChI=1S/C18H14N4.4C9H5Cl2N2.C4H10O.4C2H3N.2ClHO4.2Ir/c1-3-11-19-17(5-1)13-21-15-7-9-16(10-8-15)22-14-18-6-2-4-12-20-18;4*10-7-2-3-9(8(11)6-7)13-5-1-4-12-13;1-3-5-4-2;4*1-2-3;2*2-1(3,4)5;;/h1-14H;4*1-2,4-6H;3-4H2,1-2H3;4*1H3;2*(H,2,3,4,5);;/q;4*-1;;;;;;;;2*+3/p-2. The largest absolute Gasteiger partial charge is 3.00 e. The Balaban J connectivity index is -0.00000112. The minimum absolute atomic E-state index is 0. The number of aliphatic imine (C=N–C) groups is 2. The van der Waals surface area contributed by atoms with Gasteiger partial charge in [-0.05, 0) is 129 Å². The summed E-state index contributed by atoms with van der Waals surface area (Å²) in [5, 5.41) is 49.9. The number of hydrogen-bond acceptors (Lipinski definition) is 21. The number of benzene rings is 5. The Morgan fingerprint density at radius 2 is 0.631 bits per heavy atom. The van der Waals surface area contributed by atoms with Gasteiger partial charge in [0.1, 0.15) is 0 Å². The van der Waals surface area contributed by atoms with Gasteiger partial charge in [-0.15, -0.1) is 44.8 Å². The van der Waals surface area contributed by atoms with Crippen LogP contribution in [-0.4, -0.2) is 74.7 Å². The quantitative estimate of drug-likeness (QED) is 0.0907. The minimum Gasteiger partial charge on any atom is -0.382 e. The molecule has 37 heteroatoms. The Morgan fingerprint density at radius 1 is 0.408 bits per heavy atom. The third kappa shape index (κ3) is 50.4. The van der Waals surface area contributed by atoms with Crippen molar-refractivity contribution in [2.75, 3.05) is 13.2 Å². The number of rotatable bonds is 10. The first-order chi connectivity index (χ1) is 48.1. The Kier molecular flexibility index (Phi) is 57.7. The summed E-state index contributed by atoms with van der Waals surface area (Å²) in [4.78, 5) is 17.2. The van der Waals surface area contributed by atoms with Gasteiger partial charge in [-0.1, -0.05) is 32.2 Å². The molecule has 0 aliphatic carbocycles. The second-order valence-corrected chi connectivity index (χ2v) is 21.7. The molecular formula is C66H56Cl10Ir2N16O9. The maximum absolute atomic E-state index is 8.49. The normalized spacial score (nSPS) is 9.50. The zero-order chi connectivity index (χ0) is 76.0. The molecule has 0 aliphatic heterocycles. The van der Waals surface area contributed by atoms with E-state index < -0.39 is 20.5 Å². The molecule has 0 bridgehead atoms. The molecule has 6 heterocycles. The van der Waals surface area contributed by atoms with Crippen LogP contribution in [0.25, 0.3) is 22.7 Å². The van der Waals surface area contributed by atoms with E-state index in [1.165, 1.54) is 27.7 Å². The van der Waals surface area contributed by atoms with E-state index in [4.69, 9.17) is 156 Å². The Morgan fingerprint density at radius 3 is 0.786 bits per heavy atom. The van der Waals surface area contributed by atoms with E-state index in [9.17, 15) is 0 Å². The van der Waals surface area contributed by atoms with Crippen LogP contribution >= 0.6 is 92.8 Å². The molecule has 0 spiro atoms. The van der Waals surface area contributed by atoms with Crippen molar-refractivity contribution in [3.05, 3.63) is 271 Å². The molecule has 0 unspecified atom stereocenters. The smallest absolute Gasteiger partial charge is 0.382 e. The third-order valence-corrected chi connectivity index (χ3v) is 11.6. The first-order valence-electron chi connectivity index (χ1n) is 27.6. The van der Waals surface area contributed by atoms with E-state index in [2.05, 4.69) is 64.6 Å². The fourth-order valence-corrected chi connectivity index (χ4v) is 7.98. The number of aromatic nitrogens is 10. The molecule has 0 aliphatic rings. The topological polar surface area (TPSA) is 411 Å². The molecule has 11 aromatic rings. The van der Waals surface area contributed by atoms with Crippen LogP contribution in [0.2, 0.25) is 40.2 Å². The summed E-state index contributed by atoms with van der Waals surface area (Å²) in [6.07, 6.45) is 20.9. The van der Waals surface area contributed by atoms with E-state index in [-0.39, 0.29) is 40.2 Å². The molecule has 0 atom stereocenters. The number of nitriles is 4. The van der Waals surface area contributed by atoms with E-state index in [0.29, 0.717) is 62.9 Å². The van der Waals surface area contributed by atoms with Crippen molar-refractivity contribution < 1.29 is 103 Å². The van der Waals surface area contributed by atoms with E-state index in [1.807, 2.05) is 98.8 Å². The fraction of sp³-hybridized carbons (Fsp3) is 0.121. The van der Waals surface area contributed by atoms with Crippen molar-refractivity contribution in [2.45, 2.75) is 41.5 Å². The molecule has 0 radical (unpaired) electrons. The van der Waals surface area contributed by atoms with Crippen LogP contribution in [0, 0.1) is 90.1 Å². The maximum Gasteiger partial charge on any atom is 3.00 e. The van der Waals surface area contributed by atoms with Crippen LogP contribution in [0.15, 0.2) is 205 Å². The van der Waals surface area contributed by atoms with E-state index in [1.54, 1.807) is 166 Å². The van der Waals surface area contributed by atoms with Crippen molar-refractivity contribution in [1.29, 1.82) is 21.0 Å². The molecule has 0 fully saturated rings. The maximum atomic E-state index is 8.49. The summed E-state index contributed by atoms with van der Waals surface area (Å²) in [6, 6.07) is 58.5. The number of hydrogen-bond donors (Lipinski definition) is 0. The van der Waals surface area contributed by atoms with Gasteiger partial charge in [0.2, 0.25) is 0 Å². The molecule has 0 N–H and O–H groups in total. The zero-order valence-electron chi connectivity index (χ0n) is 54.3. The average molecular weight is 1960 g/mol. The van der Waals surface area contributed by atoms with Crippen LogP contribution in [0.3, 0.4) is 0 Å². The van der Waals surface area contributed by atoms with Gasteiger partial charge >= 0.3 is 40.2 Å². The van der Waals surface area contributed by atoms with E-state index in [0.717, 1.165) is 36.0 Å². The van der Waals surface area contributed by atoms with E-state index >= 15 is 0 Å². The van der Waals surface area contributed by atoms with Crippen molar-refractivity contribution in [1.82, 2.24) is 49.1 Å². The Hall–Kier alpha value is -7.62. The first-order valence-corrected chi connectivity index (χ1v) is 33.1. The van der Waals surface area contributed by atoms with Gasteiger partial charge in [0.05, 0.1) is 59.5 Å². The summed E-state index contributed by atoms with van der Waals surface area (Å²) in [5.74, 6) is 0. The summed E-state index contributed by atoms with van der Waals surface area (Å²) in [6.45, 7) is 11.4. The minimum atomic E-state index is -4.94. The second kappa shape index (κ2) is 59.7. The van der Waals surface area contributed by atoms with Crippen molar-refractivity contribution in [2.24, 2.45) is 9.98 Å². The van der Waals surface area contributed by atoms with Crippen LogP contribution < -0.4 is 37.3 Å². The molecular weight excluding hydrogens is 1900 g/mol. The van der Waals surface area contributed by atoms with Crippen LogP contribution in [-0.2, 0) is 44.9 Å². The predicted octanol–water partition coefficient (Wildman–Crippen LogP) is 9.54. The summed E-state index contributed by atoms with van der Waals surface area (Å²) < 4.78 is 79.3. The Bertz CT molecular complexity index is 3760. The molecule has 0 saturated carbocycles. The molecule has 6 aromatic heterocycles. The van der Waals surface area contributed by atoms with Gasteiger partial charge in [0.15, 0.2) is 0 Å². The number of pyridine rings is 2.